The molecule has 1 aromatic carbocycles. The number of carbonyl (C=O) groups is 2. The van der Waals surface area contributed by atoms with Crippen LogP contribution in [-0.2, 0) is 22.3 Å². The molecule has 30 heavy (non-hydrogen) atoms. The molecule has 0 saturated carbocycles. The van der Waals surface area contributed by atoms with Crippen molar-refractivity contribution in [3.8, 4) is 5.75 Å². The van der Waals surface area contributed by atoms with Gasteiger partial charge in [0.25, 0.3) is 0 Å². The van der Waals surface area contributed by atoms with Crippen molar-refractivity contribution >= 4 is 23.4 Å². The minimum Gasteiger partial charge on any atom is -0.490 e. The topological polar surface area (TPSA) is 90.5 Å². The average Bonchev–Trinajstić information content (AvgIpc) is 3.11. The van der Waals surface area contributed by atoms with Crippen LogP contribution in [0.5, 0.6) is 5.75 Å². The van der Waals surface area contributed by atoms with Gasteiger partial charge < -0.3 is 15.4 Å². The predicted octanol–water partition coefficient (Wildman–Crippen LogP) is 2.73. The number of benzene rings is 1. The third-order valence-corrected chi connectivity index (χ3v) is 5.03. The van der Waals surface area contributed by atoms with E-state index >= 15 is 0 Å². The Morgan fingerprint density at radius 2 is 2.07 bits per heavy atom. The van der Waals surface area contributed by atoms with Gasteiger partial charge in [0, 0.05) is 43.1 Å². The van der Waals surface area contributed by atoms with Crippen LogP contribution in [0.3, 0.4) is 0 Å². The van der Waals surface area contributed by atoms with Gasteiger partial charge in [0.2, 0.25) is 11.8 Å². The number of halogens is 4. The summed E-state index contributed by atoms with van der Waals surface area (Å²) >= 11 is 5.97. The molecule has 1 saturated heterocycles. The lowest BCUT2D eigenvalue weighted by Crippen LogP contribution is -2.49. The van der Waals surface area contributed by atoms with Crippen molar-refractivity contribution in [1.29, 1.82) is 0 Å². The SMILES string of the molecule is NC(=O)C[C@H]1CN(C(=O)Cn2ccc(C(F)(F)F)n2)CC[C@@H]1Oc1cccc(Cl)c1. The Kier molecular flexibility index (Phi) is 6.55. The number of alkyl halides is 3. The normalized spacial score (nSPS) is 19.5. The highest BCUT2D eigenvalue weighted by Crippen LogP contribution is 2.28. The number of nitrogens with zero attached hydrogens (tertiary/aromatic N) is 3. The lowest BCUT2D eigenvalue weighted by Gasteiger charge is -2.38. The van der Waals surface area contributed by atoms with Crippen molar-refractivity contribution in [3.63, 3.8) is 0 Å². The fraction of sp³-hybridized carbons (Fsp3) is 0.421. The van der Waals surface area contributed by atoms with Crippen LogP contribution < -0.4 is 10.5 Å². The molecule has 1 fully saturated rings. The van der Waals surface area contributed by atoms with E-state index < -0.39 is 23.7 Å². The van der Waals surface area contributed by atoms with Crippen molar-refractivity contribution in [1.82, 2.24) is 14.7 Å². The first-order chi connectivity index (χ1) is 14.1. The Hall–Kier alpha value is -2.75. The highest BCUT2D eigenvalue weighted by Gasteiger charge is 2.35. The summed E-state index contributed by atoms with van der Waals surface area (Å²) in [7, 11) is 0. The lowest BCUT2D eigenvalue weighted by atomic mass is 9.91. The summed E-state index contributed by atoms with van der Waals surface area (Å²) in [5.74, 6) is -0.751. The molecule has 0 bridgehead atoms. The van der Waals surface area contributed by atoms with E-state index in [1.165, 1.54) is 4.90 Å². The Balaban J connectivity index is 1.65. The summed E-state index contributed by atoms with van der Waals surface area (Å²) in [6.07, 6.45) is -3.38. The summed E-state index contributed by atoms with van der Waals surface area (Å²) in [6, 6.07) is 7.64. The molecular formula is C19H20ClF3N4O3. The fourth-order valence-corrected chi connectivity index (χ4v) is 3.58. The van der Waals surface area contributed by atoms with Crippen molar-refractivity contribution in [3.05, 3.63) is 47.2 Å². The number of hydrogen-bond acceptors (Lipinski definition) is 4. The van der Waals surface area contributed by atoms with Gasteiger partial charge in [-0.3, -0.25) is 14.3 Å². The molecule has 2 aromatic rings. The van der Waals surface area contributed by atoms with Gasteiger partial charge in [-0.05, 0) is 24.3 Å². The van der Waals surface area contributed by atoms with Gasteiger partial charge in [-0.2, -0.15) is 18.3 Å². The molecule has 2 heterocycles. The maximum Gasteiger partial charge on any atom is 0.435 e. The molecule has 0 aliphatic carbocycles. The second kappa shape index (κ2) is 8.95. The first-order valence-corrected chi connectivity index (χ1v) is 9.58. The van der Waals surface area contributed by atoms with E-state index in [9.17, 15) is 22.8 Å². The summed E-state index contributed by atoms with van der Waals surface area (Å²) in [5, 5.41) is 3.90. The zero-order valence-corrected chi connectivity index (χ0v) is 16.6. The Labute approximate surface area is 175 Å². The first-order valence-electron chi connectivity index (χ1n) is 9.21. The standard InChI is InChI=1S/C19H20ClF3N4O3/c20-13-2-1-3-14(9-13)30-15-4-6-26(10-12(15)8-17(24)28)18(29)11-27-7-5-16(25-27)19(21,22)23/h1-3,5,7,9,12,15H,4,6,8,10-11H2,(H2,24,28)/t12-,15-/m0/s1. The van der Waals surface area contributed by atoms with Crippen LogP contribution in [0.2, 0.25) is 5.02 Å². The monoisotopic (exact) mass is 444 g/mol. The molecule has 2 N–H and O–H groups in total. The molecule has 2 atom stereocenters. The van der Waals surface area contributed by atoms with Gasteiger partial charge in [-0.1, -0.05) is 17.7 Å². The van der Waals surface area contributed by atoms with Crippen molar-refractivity contribution in [2.24, 2.45) is 11.7 Å². The van der Waals surface area contributed by atoms with E-state index in [1.807, 2.05) is 0 Å². The average molecular weight is 445 g/mol. The first kappa shape index (κ1) is 21.9. The van der Waals surface area contributed by atoms with Crippen LogP contribution in [0, 0.1) is 5.92 Å². The van der Waals surface area contributed by atoms with E-state index in [1.54, 1.807) is 24.3 Å². The number of rotatable bonds is 6. The van der Waals surface area contributed by atoms with Crippen LogP contribution in [0.25, 0.3) is 0 Å². The zero-order valence-electron chi connectivity index (χ0n) is 15.8. The predicted molar refractivity (Wildman–Crippen MR) is 102 cm³/mol. The number of amides is 2. The highest BCUT2D eigenvalue weighted by molar-refractivity contribution is 6.30. The maximum atomic E-state index is 12.7. The zero-order chi connectivity index (χ0) is 21.9. The van der Waals surface area contributed by atoms with Crippen LogP contribution in [0.4, 0.5) is 13.2 Å². The molecule has 11 heteroatoms. The van der Waals surface area contributed by atoms with E-state index in [4.69, 9.17) is 22.1 Å². The van der Waals surface area contributed by atoms with Gasteiger partial charge >= 0.3 is 6.18 Å². The van der Waals surface area contributed by atoms with Gasteiger partial charge in [-0.25, -0.2) is 0 Å². The Morgan fingerprint density at radius 3 is 2.70 bits per heavy atom. The quantitative estimate of drug-likeness (QED) is 0.741. The van der Waals surface area contributed by atoms with Crippen LogP contribution in [0.1, 0.15) is 18.5 Å². The van der Waals surface area contributed by atoms with E-state index in [0.29, 0.717) is 23.7 Å². The molecule has 1 aliphatic heterocycles. The molecule has 3 rings (SSSR count). The molecule has 0 unspecified atom stereocenters. The minimum absolute atomic E-state index is 0.00893. The molecule has 0 spiro atoms. The smallest absolute Gasteiger partial charge is 0.435 e. The number of nitrogens with two attached hydrogens (primary N) is 1. The van der Waals surface area contributed by atoms with Crippen LogP contribution in [0.15, 0.2) is 36.5 Å². The van der Waals surface area contributed by atoms with Gasteiger partial charge in [0.05, 0.1) is 0 Å². The number of hydrogen-bond donors (Lipinski definition) is 1. The number of piperidine rings is 1. The second-order valence-electron chi connectivity index (χ2n) is 7.07. The minimum atomic E-state index is -4.57. The van der Waals surface area contributed by atoms with Crippen LogP contribution >= 0.6 is 11.6 Å². The summed E-state index contributed by atoms with van der Waals surface area (Å²) in [4.78, 5) is 25.6. The fourth-order valence-electron chi connectivity index (χ4n) is 3.40. The Bertz CT molecular complexity index is 918. The van der Waals surface area contributed by atoms with Gasteiger partial charge in [-0.15, -0.1) is 0 Å². The van der Waals surface area contributed by atoms with Gasteiger partial charge in [0.15, 0.2) is 5.69 Å². The third kappa shape index (κ3) is 5.65. The molecule has 1 aliphatic rings. The third-order valence-electron chi connectivity index (χ3n) is 4.79. The maximum absolute atomic E-state index is 12.7. The number of carbonyl (C=O) groups excluding carboxylic acids is 2. The molecule has 0 radical (unpaired) electrons. The molecule has 1 aromatic heterocycles. The number of aromatic nitrogens is 2. The molecule has 162 valence electrons. The molecule has 2 amide bonds. The second-order valence-corrected chi connectivity index (χ2v) is 7.51. The number of primary amides is 1. The lowest BCUT2D eigenvalue weighted by molar-refractivity contribution is -0.142. The van der Waals surface area contributed by atoms with E-state index in [0.717, 1.165) is 16.9 Å². The van der Waals surface area contributed by atoms with Crippen LogP contribution in [-0.4, -0.2) is 45.7 Å². The van der Waals surface area contributed by atoms with E-state index in [2.05, 4.69) is 5.10 Å². The van der Waals surface area contributed by atoms with E-state index in [-0.39, 0.29) is 31.5 Å². The highest BCUT2D eigenvalue weighted by atomic mass is 35.5. The van der Waals surface area contributed by atoms with Gasteiger partial charge in [0.1, 0.15) is 18.4 Å². The summed E-state index contributed by atoms with van der Waals surface area (Å²) in [5.41, 5.74) is 4.29. The summed E-state index contributed by atoms with van der Waals surface area (Å²) in [6.45, 7) is 0.187. The summed E-state index contributed by atoms with van der Waals surface area (Å²) < 4.78 is 44.9. The number of likely N-dealkylation sites (tertiary alicyclic amines) is 1. The van der Waals surface area contributed by atoms with Crippen molar-refractivity contribution in [2.75, 3.05) is 13.1 Å². The molecular weight excluding hydrogens is 425 g/mol. The molecule has 7 nitrogen and oxygen atoms in total. The largest absolute Gasteiger partial charge is 0.490 e. The van der Waals surface area contributed by atoms with Crippen molar-refractivity contribution in [2.45, 2.75) is 31.7 Å². The Morgan fingerprint density at radius 1 is 1.30 bits per heavy atom. The number of ether oxygens (including phenoxy) is 1. The van der Waals surface area contributed by atoms with Crippen molar-refractivity contribution < 1.29 is 27.5 Å².